The van der Waals surface area contributed by atoms with Gasteiger partial charge in [0.05, 0.1) is 12.1 Å². The first-order valence-electron chi connectivity index (χ1n) is 9.89. The third-order valence-electron chi connectivity index (χ3n) is 4.96. The van der Waals surface area contributed by atoms with Crippen molar-refractivity contribution in [3.63, 3.8) is 0 Å². The third kappa shape index (κ3) is 4.80. The number of nitrogens with one attached hydrogen (secondary N) is 1. The zero-order valence-corrected chi connectivity index (χ0v) is 17.6. The van der Waals surface area contributed by atoms with E-state index in [2.05, 4.69) is 20.6 Å². The first-order chi connectivity index (χ1) is 15.0. The van der Waals surface area contributed by atoms with Gasteiger partial charge in [-0.3, -0.25) is 10.1 Å². The molecule has 0 saturated heterocycles. The lowest BCUT2D eigenvalue weighted by molar-refractivity contribution is 0.101. The molecule has 0 saturated carbocycles. The molecule has 4 rings (SSSR count). The molecule has 158 valence electrons. The molecule has 8 heteroatoms. The van der Waals surface area contributed by atoms with Crippen molar-refractivity contribution in [2.45, 2.75) is 33.9 Å². The summed E-state index contributed by atoms with van der Waals surface area (Å²) in [5.41, 5.74) is 4.17. The molecule has 0 spiro atoms. The zero-order chi connectivity index (χ0) is 21.8. The highest BCUT2D eigenvalue weighted by Crippen LogP contribution is 2.19. The second kappa shape index (κ2) is 8.83. The number of hydrogen-bond acceptors (Lipinski definition) is 6. The number of aromatic nitrogens is 4. The molecule has 4 aromatic rings. The minimum absolute atomic E-state index is 0.153. The van der Waals surface area contributed by atoms with Gasteiger partial charge >= 0.3 is 0 Å². The zero-order valence-electron chi connectivity index (χ0n) is 17.6. The summed E-state index contributed by atoms with van der Waals surface area (Å²) in [6.07, 6.45) is 1.58. The fourth-order valence-corrected chi connectivity index (χ4v) is 3.08. The van der Waals surface area contributed by atoms with Crippen molar-refractivity contribution < 1.29 is 14.1 Å². The molecule has 8 nitrogen and oxygen atoms in total. The van der Waals surface area contributed by atoms with E-state index in [4.69, 9.17) is 9.26 Å². The average molecular weight is 417 g/mol. The minimum atomic E-state index is -0.451. The van der Waals surface area contributed by atoms with Gasteiger partial charge in [0.15, 0.2) is 5.69 Å². The SMILES string of the molecule is Cc1ccc(OCc2c(C(=O)Nc3ncn(Cc4ccccc4C)n3)noc2C)cc1. The summed E-state index contributed by atoms with van der Waals surface area (Å²) >= 11 is 0. The van der Waals surface area contributed by atoms with E-state index in [1.165, 1.54) is 5.56 Å². The quantitative estimate of drug-likeness (QED) is 0.487. The molecule has 0 atom stereocenters. The smallest absolute Gasteiger partial charge is 0.280 e. The molecule has 2 aromatic heterocycles. The predicted octanol–water partition coefficient (Wildman–Crippen LogP) is 4.07. The molecule has 0 aliphatic carbocycles. The highest BCUT2D eigenvalue weighted by Gasteiger charge is 2.21. The van der Waals surface area contributed by atoms with Crippen LogP contribution < -0.4 is 10.1 Å². The summed E-state index contributed by atoms with van der Waals surface area (Å²) in [7, 11) is 0. The summed E-state index contributed by atoms with van der Waals surface area (Å²) in [5, 5.41) is 10.9. The Kier molecular flexibility index (Phi) is 5.79. The molecule has 0 aliphatic rings. The van der Waals surface area contributed by atoms with Gasteiger partial charge in [-0.1, -0.05) is 47.1 Å². The summed E-state index contributed by atoms with van der Waals surface area (Å²) in [6, 6.07) is 15.7. The van der Waals surface area contributed by atoms with Crippen molar-refractivity contribution in [2.24, 2.45) is 0 Å². The maximum absolute atomic E-state index is 12.7. The summed E-state index contributed by atoms with van der Waals surface area (Å²) < 4.78 is 12.7. The van der Waals surface area contributed by atoms with Gasteiger partial charge in [0.1, 0.15) is 24.4 Å². The van der Waals surface area contributed by atoms with Gasteiger partial charge in [0.2, 0.25) is 5.95 Å². The third-order valence-corrected chi connectivity index (χ3v) is 4.96. The molecule has 0 bridgehead atoms. The Morgan fingerprint density at radius 2 is 1.87 bits per heavy atom. The molecule has 2 heterocycles. The van der Waals surface area contributed by atoms with Crippen molar-refractivity contribution in [1.82, 2.24) is 19.9 Å². The van der Waals surface area contributed by atoms with Crippen LogP contribution in [0.4, 0.5) is 5.95 Å². The summed E-state index contributed by atoms with van der Waals surface area (Å²) in [4.78, 5) is 16.9. The second-order valence-electron chi connectivity index (χ2n) is 7.31. The van der Waals surface area contributed by atoms with Crippen molar-refractivity contribution in [3.05, 3.63) is 88.6 Å². The maximum Gasteiger partial charge on any atom is 0.280 e. The molecule has 0 unspecified atom stereocenters. The number of carbonyl (C=O) groups excluding carboxylic acids is 1. The van der Waals surface area contributed by atoms with Crippen LogP contribution in [0.5, 0.6) is 5.75 Å². The lowest BCUT2D eigenvalue weighted by Gasteiger charge is -2.07. The number of benzene rings is 2. The Morgan fingerprint density at radius 3 is 2.65 bits per heavy atom. The van der Waals surface area contributed by atoms with Crippen LogP contribution >= 0.6 is 0 Å². The lowest BCUT2D eigenvalue weighted by atomic mass is 10.1. The Balaban J connectivity index is 1.43. The van der Waals surface area contributed by atoms with E-state index in [9.17, 15) is 4.79 Å². The number of anilines is 1. The summed E-state index contributed by atoms with van der Waals surface area (Å²) in [5.74, 6) is 0.974. The normalized spacial score (nSPS) is 10.8. The fraction of sp³-hybridized carbons (Fsp3) is 0.217. The van der Waals surface area contributed by atoms with E-state index in [-0.39, 0.29) is 18.2 Å². The van der Waals surface area contributed by atoms with E-state index in [1.54, 1.807) is 17.9 Å². The van der Waals surface area contributed by atoms with E-state index >= 15 is 0 Å². The second-order valence-corrected chi connectivity index (χ2v) is 7.31. The monoisotopic (exact) mass is 417 g/mol. The predicted molar refractivity (Wildman–Crippen MR) is 115 cm³/mol. The van der Waals surface area contributed by atoms with E-state index in [0.717, 1.165) is 11.1 Å². The van der Waals surface area contributed by atoms with Gasteiger partial charge in [-0.15, -0.1) is 5.10 Å². The number of amides is 1. The molecule has 31 heavy (non-hydrogen) atoms. The minimum Gasteiger partial charge on any atom is -0.489 e. The molecule has 2 aromatic carbocycles. The van der Waals surface area contributed by atoms with Crippen LogP contribution in [0.3, 0.4) is 0 Å². The first-order valence-corrected chi connectivity index (χ1v) is 9.89. The lowest BCUT2D eigenvalue weighted by Crippen LogP contribution is -2.16. The molecule has 1 N–H and O–H groups in total. The Morgan fingerprint density at radius 1 is 1.10 bits per heavy atom. The van der Waals surface area contributed by atoms with Gasteiger partial charge < -0.3 is 9.26 Å². The largest absolute Gasteiger partial charge is 0.489 e. The van der Waals surface area contributed by atoms with Crippen LogP contribution in [0.25, 0.3) is 0 Å². The van der Waals surface area contributed by atoms with Gasteiger partial charge in [-0.05, 0) is 44.0 Å². The van der Waals surface area contributed by atoms with E-state index in [1.807, 2.05) is 62.4 Å². The molecule has 0 aliphatic heterocycles. The molecule has 0 fully saturated rings. The van der Waals surface area contributed by atoms with E-state index in [0.29, 0.717) is 23.6 Å². The number of hydrogen-bond donors (Lipinski definition) is 1. The van der Waals surface area contributed by atoms with Gasteiger partial charge in [0, 0.05) is 0 Å². The van der Waals surface area contributed by atoms with Crippen LogP contribution in [-0.2, 0) is 13.2 Å². The highest BCUT2D eigenvalue weighted by molar-refractivity contribution is 6.02. The fourth-order valence-electron chi connectivity index (χ4n) is 3.08. The van der Waals surface area contributed by atoms with Crippen LogP contribution in [0, 0.1) is 20.8 Å². The average Bonchev–Trinajstić information content (AvgIpc) is 3.35. The maximum atomic E-state index is 12.7. The standard InChI is InChI=1S/C23H23N5O3/c1-15-8-10-19(11-9-15)30-13-20-17(3)31-27-21(20)22(29)25-23-24-14-28(26-23)12-18-7-5-4-6-16(18)2/h4-11,14H,12-13H2,1-3H3,(H,25,26,29). The first kappa shape index (κ1) is 20.3. The summed E-state index contributed by atoms with van der Waals surface area (Å²) in [6.45, 7) is 6.52. The van der Waals surface area contributed by atoms with Gasteiger partial charge in [0.25, 0.3) is 5.91 Å². The molecule has 1 amide bonds. The van der Waals surface area contributed by atoms with Crippen LogP contribution in [0.1, 0.15) is 38.5 Å². The molecular weight excluding hydrogens is 394 g/mol. The van der Waals surface area contributed by atoms with Crippen LogP contribution in [0.2, 0.25) is 0 Å². The number of rotatable bonds is 7. The molecular formula is C23H23N5O3. The number of aryl methyl sites for hydroxylation is 3. The van der Waals surface area contributed by atoms with Crippen molar-refractivity contribution in [2.75, 3.05) is 5.32 Å². The van der Waals surface area contributed by atoms with Crippen molar-refractivity contribution >= 4 is 11.9 Å². The van der Waals surface area contributed by atoms with Crippen LogP contribution in [0.15, 0.2) is 59.4 Å². The topological polar surface area (TPSA) is 95.1 Å². The van der Waals surface area contributed by atoms with E-state index < -0.39 is 5.91 Å². The highest BCUT2D eigenvalue weighted by atomic mass is 16.5. The Labute approximate surface area is 179 Å². The van der Waals surface area contributed by atoms with Crippen molar-refractivity contribution in [1.29, 1.82) is 0 Å². The van der Waals surface area contributed by atoms with Crippen molar-refractivity contribution in [3.8, 4) is 5.75 Å². The Bertz CT molecular complexity index is 1190. The number of carbonyl (C=O) groups is 1. The number of nitrogens with zero attached hydrogens (tertiary/aromatic N) is 4. The van der Waals surface area contributed by atoms with Gasteiger partial charge in [-0.2, -0.15) is 0 Å². The number of ether oxygens (including phenoxy) is 1. The Hall–Kier alpha value is -3.94. The van der Waals surface area contributed by atoms with Crippen LogP contribution in [-0.4, -0.2) is 25.8 Å². The van der Waals surface area contributed by atoms with Gasteiger partial charge in [-0.25, -0.2) is 9.67 Å². The molecule has 0 radical (unpaired) electrons.